The van der Waals surface area contributed by atoms with Gasteiger partial charge in [-0.15, -0.1) is 11.3 Å². The Morgan fingerprint density at radius 1 is 1.16 bits per heavy atom. The third kappa shape index (κ3) is 2.26. The molecule has 0 saturated carbocycles. The molecule has 1 aromatic carbocycles. The van der Waals surface area contributed by atoms with Crippen LogP contribution in [-0.2, 0) is 0 Å². The second-order valence-electron chi connectivity index (χ2n) is 3.93. The smallest absolute Gasteiger partial charge is 0.231 e. The molecule has 2 heterocycles. The van der Waals surface area contributed by atoms with Crippen molar-refractivity contribution in [3.63, 3.8) is 0 Å². The topological polar surface area (TPSA) is 35.0 Å². The molecule has 0 N–H and O–H groups in total. The molecule has 0 spiro atoms. The van der Waals surface area contributed by atoms with E-state index in [0.717, 1.165) is 21.8 Å². The number of hydrogen-bond acceptors (Lipinski definition) is 4. The van der Waals surface area contributed by atoms with E-state index in [4.69, 9.17) is 4.74 Å². The summed E-state index contributed by atoms with van der Waals surface area (Å²) in [5, 5.41) is 0.716. The number of nitrogens with zero attached hydrogens (tertiary/aromatic N) is 2. The van der Waals surface area contributed by atoms with Gasteiger partial charge >= 0.3 is 0 Å². The van der Waals surface area contributed by atoms with Crippen molar-refractivity contribution in [1.82, 2.24) is 9.97 Å². The standard InChI is InChI=1S/C13H8F2N2OS/c1-7-4-9-12(16-6-17-13(9)19-7)18-11-3-2-8(14)5-10(11)15/h2-6H,1H3. The Morgan fingerprint density at radius 2 is 2.00 bits per heavy atom. The normalized spacial score (nSPS) is 10.9. The van der Waals surface area contributed by atoms with Crippen LogP contribution in [-0.4, -0.2) is 9.97 Å². The molecular weight excluding hydrogens is 270 g/mol. The summed E-state index contributed by atoms with van der Waals surface area (Å²) in [6.07, 6.45) is 1.36. The fraction of sp³-hybridized carbons (Fsp3) is 0.0769. The van der Waals surface area contributed by atoms with Crippen LogP contribution >= 0.6 is 11.3 Å². The van der Waals surface area contributed by atoms with Gasteiger partial charge in [0.25, 0.3) is 0 Å². The Kier molecular flexibility index (Phi) is 2.87. The molecule has 0 aliphatic carbocycles. The zero-order valence-electron chi connectivity index (χ0n) is 9.85. The number of fused-ring (bicyclic) bond motifs is 1. The van der Waals surface area contributed by atoms with Gasteiger partial charge in [-0.1, -0.05) is 0 Å². The van der Waals surface area contributed by atoms with Crippen molar-refractivity contribution in [2.75, 3.05) is 0 Å². The molecule has 0 fully saturated rings. The van der Waals surface area contributed by atoms with Crippen LogP contribution in [0, 0.1) is 18.6 Å². The van der Waals surface area contributed by atoms with Crippen LogP contribution in [0.4, 0.5) is 8.78 Å². The number of aromatic nitrogens is 2. The maximum absolute atomic E-state index is 13.5. The maximum Gasteiger partial charge on any atom is 0.231 e. The summed E-state index contributed by atoms with van der Waals surface area (Å²) in [4.78, 5) is 9.93. The molecule has 3 rings (SSSR count). The molecule has 0 bridgehead atoms. The van der Waals surface area contributed by atoms with Crippen LogP contribution < -0.4 is 4.74 Å². The van der Waals surface area contributed by atoms with Gasteiger partial charge in [0.05, 0.1) is 5.39 Å². The Balaban J connectivity index is 2.05. The number of halogens is 2. The minimum absolute atomic E-state index is 0.0646. The third-order valence-electron chi connectivity index (χ3n) is 2.52. The summed E-state index contributed by atoms with van der Waals surface area (Å²) in [7, 11) is 0. The highest BCUT2D eigenvalue weighted by atomic mass is 32.1. The second-order valence-corrected chi connectivity index (χ2v) is 5.17. The molecule has 19 heavy (non-hydrogen) atoms. The lowest BCUT2D eigenvalue weighted by atomic mass is 10.3. The van der Waals surface area contributed by atoms with Crippen LogP contribution in [0.15, 0.2) is 30.6 Å². The lowest BCUT2D eigenvalue weighted by Gasteiger charge is -2.06. The minimum atomic E-state index is -0.765. The summed E-state index contributed by atoms with van der Waals surface area (Å²) >= 11 is 1.50. The lowest BCUT2D eigenvalue weighted by molar-refractivity contribution is 0.428. The molecule has 2 aromatic heterocycles. The van der Waals surface area contributed by atoms with Crippen molar-refractivity contribution in [2.45, 2.75) is 6.92 Å². The third-order valence-corrected chi connectivity index (χ3v) is 3.48. The van der Waals surface area contributed by atoms with Gasteiger partial charge in [0.15, 0.2) is 11.6 Å². The van der Waals surface area contributed by atoms with E-state index in [-0.39, 0.29) is 11.6 Å². The molecule has 0 atom stereocenters. The molecule has 0 aliphatic rings. The van der Waals surface area contributed by atoms with Crippen LogP contribution in [0.1, 0.15) is 4.88 Å². The molecule has 96 valence electrons. The average molecular weight is 278 g/mol. The van der Waals surface area contributed by atoms with E-state index in [1.807, 2.05) is 13.0 Å². The Hall–Kier alpha value is -2.08. The van der Waals surface area contributed by atoms with Crippen molar-refractivity contribution in [3.8, 4) is 11.6 Å². The monoisotopic (exact) mass is 278 g/mol. The zero-order valence-corrected chi connectivity index (χ0v) is 10.7. The first-order chi connectivity index (χ1) is 9.13. The van der Waals surface area contributed by atoms with Gasteiger partial charge in [0.2, 0.25) is 5.88 Å². The van der Waals surface area contributed by atoms with Gasteiger partial charge in [0.1, 0.15) is 17.0 Å². The summed E-state index contributed by atoms with van der Waals surface area (Å²) in [5.74, 6) is -1.21. The first-order valence-corrected chi connectivity index (χ1v) is 6.29. The molecule has 0 amide bonds. The van der Waals surface area contributed by atoms with Crippen LogP contribution in [0.3, 0.4) is 0 Å². The summed E-state index contributed by atoms with van der Waals surface area (Å²) in [5.41, 5.74) is 0. The number of aryl methyl sites for hydroxylation is 1. The first kappa shape index (κ1) is 12.0. The number of ether oxygens (including phenoxy) is 1. The van der Waals surface area contributed by atoms with Crippen molar-refractivity contribution in [3.05, 3.63) is 47.1 Å². The summed E-state index contributed by atoms with van der Waals surface area (Å²) < 4.78 is 31.8. The molecule has 3 aromatic rings. The van der Waals surface area contributed by atoms with Gasteiger partial charge in [-0.3, -0.25) is 0 Å². The van der Waals surface area contributed by atoms with Crippen molar-refractivity contribution in [1.29, 1.82) is 0 Å². The quantitative estimate of drug-likeness (QED) is 0.708. The number of rotatable bonds is 2. The number of thiophene rings is 1. The van der Waals surface area contributed by atoms with Gasteiger partial charge in [-0.2, -0.15) is 0 Å². The Bertz CT molecular complexity index is 757. The highest BCUT2D eigenvalue weighted by Gasteiger charge is 2.12. The lowest BCUT2D eigenvalue weighted by Crippen LogP contribution is -1.92. The number of benzene rings is 1. The second kappa shape index (κ2) is 4.55. The maximum atomic E-state index is 13.5. The van der Waals surface area contributed by atoms with Crippen LogP contribution in [0.2, 0.25) is 0 Å². The van der Waals surface area contributed by atoms with E-state index in [9.17, 15) is 8.78 Å². The minimum Gasteiger partial charge on any atom is -0.435 e. The predicted molar refractivity (Wildman–Crippen MR) is 68.6 cm³/mol. The highest BCUT2D eigenvalue weighted by molar-refractivity contribution is 7.18. The predicted octanol–water partition coefficient (Wildman–Crippen LogP) is 4.07. The zero-order chi connectivity index (χ0) is 13.4. The van der Waals surface area contributed by atoms with Gasteiger partial charge in [-0.05, 0) is 25.1 Å². The average Bonchev–Trinajstić information content (AvgIpc) is 2.74. The van der Waals surface area contributed by atoms with E-state index < -0.39 is 11.6 Å². The van der Waals surface area contributed by atoms with E-state index in [1.165, 1.54) is 23.7 Å². The molecular formula is C13H8F2N2OS. The molecule has 0 radical (unpaired) electrons. The van der Waals surface area contributed by atoms with E-state index >= 15 is 0 Å². The largest absolute Gasteiger partial charge is 0.435 e. The highest BCUT2D eigenvalue weighted by Crippen LogP contribution is 2.32. The van der Waals surface area contributed by atoms with Crippen molar-refractivity contribution in [2.24, 2.45) is 0 Å². The van der Waals surface area contributed by atoms with Crippen molar-refractivity contribution >= 4 is 21.6 Å². The molecule has 6 heteroatoms. The number of hydrogen-bond donors (Lipinski definition) is 0. The molecule has 0 saturated heterocycles. The van der Waals surface area contributed by atoms with E-state index in [2.05, 4.69) is 9.97 Å². The first-order valence-electron chi connectivity index (χ1n) is 5.47. The van der Waals surface area contributed by atoms with Crippen LogP contribution in [0.5, 0.6) is 11.6 Å². The molecule has 0 aliphatic heterocycles. The summed E-state index contributed by atoms with van der Waals surface area (Å²) in [6.45, 7) is 1.94. The fourth-order valence-corrected chi connectivity index (χ4v) is 2.54. The summed E-state index contributed by atoms with van der Waals surface area (Å²) in [6, 6.07) is 5.01. The van der Waals surface area contributed by atoms with E-state index in [1.54, 1.807) is 0 Å². The fourth-order valence-electron chi connectivity index (χ4n) is 1.70. The Morgan fingerprint density at radius 3 is 2.79 bits per heavy atom. The van der Waals surface area contributed by atoms with Gasteiger partial charge < -0.3 is 4.74 Å². The van der Waals surface area contributed by atoms with E-state index in [0.29, 0.717) is 5.39 Å². The Labute approximate surface area is 111 Å². The van der Waals surface area contributed by atoms with Gasteiger partial charge in [-0.25, -0.2) is 18.7 Å². The molecule has 0 unspecified atom stereocenters. The molecule has 3 nitrogen and oxygen atoms in total. The van der Waals surface area contributed by atoms with Gasteiger partial charge in [0, 0.05) is 10.9 Å². The van der Waals surface area contributed by atoms with Crippen LogP contribution in [0.25, 0.3) is 10.2 Å². The van der Waals surface area contributed by atoms with Crippen molar-refractivity contribution < 1.29 is 13.5 Å². The SMILES string of the molecule is Cc1cc2c(Oc3ccc(F)cc3F)ncnc2s1.